The molecular formula is C16H21NO3S. The zero-order valence-electron chi connectivity index (χ0n) is 12.2. The van der Waals surface area contributed by atoms with Crippen molar-refractivity contribution in [2.24, 2.45) is 0 Å². The van der Waals surface area contributed by atoms with Crippen LogP contribution in [0.1, 0.15) is 19.8 Å². The number of nitrogens with one attached hydrogen (secondary N) is 1. The van der Waals surface area contributed by atoms with E-state index in [1.807, 2.05) is 30.3 Å². The van der Waals surface area contributed by atoms with Crippen LogP contribution < -0.4 is 4.72 Å². The molecule has 0 aliphatic rings. The summed E-state index contributed by atoms with van der Waals surface area (Å²) in [4.78, 5) is 0.314. The molecule has 0 atom stereocenters. The largest absolute Gasteiger partial charge is 0.380 e. The number of hydrogen-bond acceptors (Lipinski definition) is 3. The summed E-state index contributed by atoms with van der Waals surface area (Å²) in [6, 6.07) is 12.8. The zero-order valence-corrected chi connectivity index (χ0v) is 13.0. The molecule has 0 saturated heterocycles. The van der Waals surface area contributed by atoms with E-state index in [-0.39, 0.29) is 6.54 Å². The van der Waals surface area contributed by atoms with Gasteiger partial charge in [0.1, 0.15) is 0 Å². The number of ether oxygens (including phenoxy) is 1. The van der Waals surface area contributed by atoms with Gasteiger partial charge >= 0.3 is 0 Å². The van der Waals surface area contributed by atoms with Crippen LogP contribution in [0.3, 0.4) is 0 Å². The van der Waals surface area contributed by atoms with Crippen LogP contribution in [0.15, 0.2) is 47.4 Å². The average Bonchev–Trinajstić information content (AvgIpc) is 2.50. The van der Waals surface area contributed by atoms with Crippen molar-refractivity contribution in [2.45, 2.75) is 24.7 Å². The monoisotopic (exact) mass is 307 g/mol. The van der Waals surface area contributed by atoms with Crippen molar-refractivity contribution in [2.75, 3.05) is 19.8 Å². The van der Waals surface area contributed by atoms with Crippen LogP contribution in [0.4, 0.5) is 0 Å². The van der Waals surface area contributed by atoms with Crippen molar-refractivity contribution in [1.82, 2.24) is 4.72 Å². The molecule has 0 unspecified atom stereocenters. The van der Waals surface area contributed by atoms with Gasteiger partial charge in [-0.3, -0.25) is 0 Å². The molecule has 2 aromatic carbocycles. The molecular weight excluding hydrogens is 286 g/mol. The lowest BCUT2D eigenvalue weighted by atomic mass is 10.1. The first-order chi connectivity index (χ1) is 10.1. The molecule has 4 nitrogen and oxygen atoms in total. The molecule has 114 valence electrons. The van der Waals surface area contributed by atoms with Crippen LogP contribution in [0.2, 0.25) is 0 Å². The van der Waals surface area contributed by atoms with Gasteiger partial charge < -0.3 is 4.74 Å². The highest BCUT2D eigenvalue weighted by Gasteiger charge is 2.16. The molecule has 0 radical (unpaired) electrons. The number of sulfonamides is 1. The van der Waals surface area contributed by atoms with Crippen molar-refractivity contribution >= 4 is 20.8 Å². The lowest BCUT2D eigenvalue weighted by molar-refractivity contribution is 0.136. The fraction of sp³-hybridized carbons (Fsp3) is 0.375. The fourth-order valence-electron chi connectivity index (χ4n) is 2.10. The van der Waals surface area contributed by atoms with Gasteiger partial charge in [-0.1, -0.05) is 49.7 Å². The Morgan fingerprint density at radius 2 is 1.81 bits per heavy atom. The quantitative estimate of drug-likeness (QED) is 0.763. The highest BCUT2D eigenvalue weighted by atomic mass is 32.2. The van der Waals surface area contributed by atoms with Gasteiger partial charge in [0.15, 0.2) is 0 Å². The normalized spacial score (nSPS) is 11.9. The van der Waals surface area contributed by atoms with Crippen molar-refractivity contribution in [3.63, 3.8) is 0 Å². The maximum atomic E-state index is 12.4. The Kier molecular flexibility index (Phi) is 5.73. The van der Waals surface area contributed by atoms with Gasteiger partial charge in [0.25, 0.3) is 0 Å². The smallest absolute Gasteiger partial charge is 0.241 e. The second-order valence-corrected chi connectivity index (χ2v) is 6.58. The Labute approximate surface area is 126 Å². The predicted octanol–water partition coefficient (Wildman–Crippen LogP) is 2.93. The minimum absolute atomic E-state index is 0.287. The predicted molar refractivity (Wildman–Crippen MR) is 84.9 cm³/mol. The summed E-state index contributed by atoms with van der Waals surface area (Å²) in [5, 5.41) is 1.65. The number of hydrogen-bond donors (Lipinski definition) is 1. The first-order valence-corrected chi connectivity index (χ1v) is 8.68. The van der Waals surface area contributed by atoms with Crippen LogP contribution in [0.5, 0.6) is 0 Å². The van der Waals surface area contributed by atoms with E-state index in [0.29, 0.717) is 18.1 Å². The Morgan fingerprint density at radius 1 is 1.05 bits per heavy atom. The van der Waals surface area contributed by atoms with Crippen molar-refractivity contribution in [3.8, 4) is 0 Å². The molecule has 2 rings (SSSR count). The number of benzene rings is 2. The average molecular weight is 307 g/mol. The zero-order chi connectivity index (χ0) is 15.1. The van der Waals surface area contributed by atoms with Crippen LogP contribution in [0, 0.1) is 0 Å². The van der Waals surface area contributed by atoms with E-state index in [1.165, 1.54) is 0 Å². The van der Waals surface area contributed by atoms with Gasteiger partial charge in [-0.15, -0.1) is 0 Å². The summed E-state index contributed by atoms with van der Waals surface area (Å²) in [6.45, 7) is 3.44. The molecule has 1 N–H and O–H groups in total. The summed E-state index contributed by atoms with van der Waals surface area (Å²) in [5.41, 5.74) is 0. The SMILES string of the molecule is CCCCOCCNS(=O)(=O)c1cccc2ccccc12. The minimum atomic E-state index is -3.51. The van der Waals surface area contributed by atoms with Gasteiger partial charge in [-0.2, -0.15) is 0 Å². The Morgan fingerprint density at radius 3 is 2.62 bits per heavy atom. The lowest BCUT2D eigenvalue weighted by Crippen LogP contribution is -2.27. The maximum Gasteiger partial charge on any atom is 0.241 e. The number of rotatable bonds is 8. The third kappa shape index (κ3) is 4.27. The molecule has 0 heterocycles. The summed E-state index contributed by atoms with van der Waals surface area (Å²) in [7, 11) is -3.51. The van der Waals surface area contributed by atoms with Gasteiger partial charge in [0, 0.05) is 18.5 Å². The summed E-state index contributed by atoms with van der Waals surface area (Å²) in [6.07, 6.45) is 2.07. The lowest BCUT2D eigenvalue weighted by Gasteiger charge is -2.10. The topological polar surface area (TPSA) is 55.4 Å². The Hall–Kier alpha value is -1.43. The van der Waals surface area contributed by atoms with Crippen LogP contribution in [-0.4, -0.2) is 28.2 Å². The highest BCUT2D eigenvalue weighted by Crippen LogP contribution is 2.22. The molecule has 0 amide bonds. The van der Waals surface area contributed by atoms with E-state index < -0.39 is 10.0 Å². The molecule has 0 aromatic heterocycles. The van der Waals surface area contributed by atoms with Crippen molar-refractivity contribution in [1.29, 1.82) is 0 Å². The van der Waals surface area contributed by atoms with Gasteiger partial charge in [-0.25, -0.2) is 13.1 Å². The van der Waals surface area contributed by atoms with Crippen LogP contribution >= 0.6 is 0 Å². The number of fused-ring (bicyclic) bond motifs is 1. The molecule has 0 fully saturated rings. The first kappa shape index (κ1) is 15.9. The van der Waals surface area contributed by atoms with Gasteiger partial charge in [0.2, 0.25) is 10.0 Å². The second-order valence-electron chi connectivity index (χ2n) is 4.84. The van der Waals surface area contributed by atoms with Gasteiger partial charge in [0.05, 0.1) is 11.5 Å². The van der Waals surface area contributed by atoms with E-state index in [2.05, 4.69) is 11.6 Å². The molecule has 0 aliphatic heterocycles. The Bertz CT molecular complexity index is 677. The Balaban J connectivity index is 2.05. The van der Waals surface area contributed by atoms with Crippen molar-refractivity contribution in [3.05, 3.63) is 42.5 Å². The second kappa shape index (κ2) is 7.54. The first-order valence-electron chi connectivity index (χ1n) is 7.20. The van der Waals surface area contributed by atoms with E-state index >= 15 is 0 Å². The van der Waals surface area contributed by atoms with Crippen LogP contribution in [-0.2, 0) is 14.8 Å². The third-order valence-electron chi connectivity index (χ3n) is 3.22. The fourth-order valence-corrected chi connectivity index (χ4v) is 3.35. The van der Waals surface area contributed by atoms with Gasteiger partial charge in [-0.05, 0) is 17.9 Å². The molecule has 21 heavy (non-hydrogen) atoms. The maximum absolute atomic E-state index is 12.4. The molecule has 0 saturated carbocycles. The summed E-state index contributed by atoms with van der Waals surface area (Å²) < 4.78 is 32.7. The van der Waals surface area contributed by atoms with E-state index in [1.54, 1.807) is 12.1 Å². The third-order valence-corrected chi connectivity index (χ3v) is 4.74. The van der Waals surface area contributed by atoms with E-state index in [9.17, 15) is 8.42 Å². The molecule has 5 heteroatoms. The van der Waals surface area contributed by atoms with E-state index in [0.717, 1.165) is 23.6 Å². The standard InChI is InChI=1S/C16H21NO3S/c1-2-3-12-20-13-11-17-21(18,19)16-10-6-8-14-7-4-5-9-15(14)16/h4-10,17H,2-3,11-13H2,1H3. The highest BCUT2D eigenvalue weighted by molar-refractivity contribution is 7.89. The molecule has 0 aliphatic carbocycles. The van der Waals surface area contributed by atoms with Crippen molar-refractivity contribution < 1.29 is 13.2 Å². The summed E-state index contributed by atoms with van der Waals surface area (Å²) in [5.74, 6) is 0. The molecule has 0 spiro atoms. The minimum Gasteiger partial charge on any atom is -0.380 e. The van der Waals surface area contributed by atoms with E-state index in [4.69, 9.17) is 4.74 Å². The molecule has 2 aromatic rings. The summed E-state index contributed by atoms with van der Waals surface area (Å²) >= 11 is 0. The molecule has 0 bridgehead atoms. The van der Waals surface area contributed by atoms with Crippen LogP contribution in [0.25, 0.3) is 10.8 Å². The number of unbranched alkanes of at least 4 members (excludes halogenated alkanes) is 1.